The van der Waals surface area contributed by atoms with Crippen LogP contribution in [0.4, 0.5) is 4.79 Å². The van der Waals surface area contributed by atoms with Crippen LogP contribution in [-0.4, -0.2) is 52.9 Å². The summed E-state index contributed by atoms with van der Waals surface area (Å²) in [5.41, 5.74) is 4.73. The highest BCUT2D eigenvalue weighted by Gasteiger charge is 2.22. The molecule has 3 rings (SSSR count). The van der Waals surface area contributed by atoms with Crippen molar-refractivity contribution in [3.8, 4) is 0 Å². The Morgan fingerprint density at radius 3 is 2.33 bits per heavy atom. The van der Waals surface area contributed by atoms with E-state index in [-0.39, 0.29) is 23.9 Å². The van der Waals surface area contributed by atoms with Crippen molar-refractivity contribution >= 4 is 22.8 Å². The molecule has 0 saturated heterocycles. The van der Waals surface area contributed by atoms with E-state index in [2.05, 4.69) is 74.4 Å². The minimum absolute atomic E-state index is 0.0305. The summed E-state index contributed by atoms with van der Waals surface area (Å²) < 4.78 is 0. The maximum atomic E-state index is 13.6. The topological polar surface area (TPSA) is 68.4 Å². The number of benzene rings is 2. The van der Waals surface area contributed by atoms with Crippen LogP contribution >= 0.6 is 0 Å². The first-order valence-electron chi connectivity index (χ1n) is 13.2. The molecule has 0 radical (unpaired) electrons. The summed E-state index contributed by atoms with van der Waals surface area (Å²) >= 11 is 0. The minimum Gasteiger partial charge on any atom is -0.361 e. The molecule has 0 bridgehead atoms. The zero-order valence-electron chi connectivity index (χ0n) is 22.6. The average Bonchev–Trinajstić information content (AvgIpc) is 3.27. The number of carbonyl (C=O) groups excluding carboxylic acids is 2. The first-order chi connectivity index (χ1) is 17.2. The van der Waals surface area contributed by atoms with Crippen molar-refractivity contribution in [2.75, 3.05) is 26.2 Å². The Morgan fingerprint density at radius 1 is 0.944 bits per heavy atom. The van der Waals surface area contributed by atoms with E-state index in [0.29, 0.717) is 26.2 Å². The molecule has 36 heavy (non-hydrogen) atoms. The van der Waals surface area contributed by atoms with Gasteiger partial charge < -0.3 is 20.1 Å². The highest BCUT2D eigenvalue weighted by atomic mass is 16.2. The summed E-state index contributed by atoms with van der Waals surface area (Å²) in [6.45, 7) is 12.9. The van der Waals surface area contributed by atoms with Crippen molar-refractivity contribution in [2.24, 2.45) is 0 Å². The largest absolute Gasteiger partial charge is 0.361 e. The molecule has 6 nitrogen and oxygen atoms in total. The van der Waals surface area contributed by atoms with Gasteiger partial charge in [0.05, 0.1) is 0 Å². The highest BCUT2D eigenvalue weighted by molar-refractivity contribution is 5.85. The monoisotopic (exact) mass is 490 g/mol. The normalized spacial score (nSPS) is 11.5. The Morgan fingerprint density at radius 2 is 1.67 bits per heavy atom. The van der Waals surface area contributed by atoms with E-state index in [1.807, 2.05) is 30.2 Å². The lowest BCUT2D eigenvalue weighted by Crippen LogP contribution is -2.47. The van der Waals surface area contributed by atoms with Crippen LogP contribution in [0.2, 0.25) is 0 Å². The van der Waals surface area contributed by atoms with Crippen molar-refractivity contribution in [2.45, 2.75) is 65.8 Å². The number of fused-ring (bicyclic) bond motifs is 1. The van der Waals surface area contributed by atoms with Gasteiger partial charge in [-0.15, -0.1) is 0 Å². The van der Waals surface area contributed by atoms with Gasteiger partial charge in [-0.2, -0.15) is 0 Å². The van der Waals surface area contributed by atoms with Crippen LogP contribution in [0, 0.1) is 0 Å². The standard InChI is InChI=1S/C30H42N4O2/c1-6-8-18-34(29(36)31-7-2)22-28(35)33(21-23-13-15-25(16-14-23)30(3,4)5)19-17-24-20-32-27-12-10-9-11-26(24)27/h9-16,20,32H,6-8,17-19,21-22H2,1-5H3,(H,31,36). The van der Waals surface area contributed by atoms with E-state index >= 15 is 0 Å². The smallest absolute Gasteiger partial charge is 0.317 e. The Labute approximate surface area is 216 Å². The molecule has 0 aliphatic rings. The quantitative estimate of drug-likeness (QED) is 0.353. The second-order valence-corrected chi connectivity index (χ2v) is 10.5. The number of hydrogen-bond acceptors (Lipinski definition) is 2. The van der Waals surface area contributed by atoms with Crippen LogP contribution in [0.1, 0.15) is 64.2 Å². The number of aromatic nitrogens is 1. The van der Waals surface area contributed by atoms with Crippen molar-refractivity contribution in [3.05, 3.63) is 71.4 Å². The fourth-order valence-electron chi connectivity index (χ4n) is 4.34. The third-order valence-electron chi connectivity index (χ3n) is 6.60. The Balaban J connectivity index is 1.79. The molecule has 2 N–H and O–H groups in total. The van der Waals surface area contributed by atoms with Gasteiger partial charge in [-0.05, 0) is 47.9 Å². The number of unbranched alkanes of at least 4 members (excludes halogenated alkanes) is 1. The van der Waals surface area contributed by atoms with E-state index in [1.54, 1.807) is 4.90 Å². The summed E-state index contributed by atoms with van der Waals surface area (Å²) in [5, 5.41) is 4.04. The van der Waals surface area contributed by atoms with Gasteiger partial charge in [-0.25, -0.2) is 4.79 Å². The predicted molar refractivity (Wildman–Crippen MR) is 148 cm³/mol. The number of H-pyrrole nitrogens is 1. The zero-order chi connectivity index (χ0) is 26.1. The molecule has 0 unspecified atom stereocenters. The number of nitrogens with one attached hydrogen (secondary N) is 2. The minimum atomic E-state index is -0.176. The van der Waals surface area contributed by atoms with Gasteiger partial charge in [0.1, 0.15) is 6.54 Å². The number of urea groups is 1. The van der Waals surface area contributed by atoms with Crippen molar-refractivity contribution in [3.63, 3.8) is 0 Å². The SMILES string of the molecule is CCCCN(CC(=O)N(CCc1c[nH]c2ccccc12)Cc1ccc(C(C)(C)C)cc1)C(=O)NCC. The summed E-state index contributed by atoms with van der Waals surface area (Å²) in [6.07, 6.45) is 4.61. The molecule has 2 aromatic carbocycles. The first-order valence-corrected chi connectivity index (χ1v) is 13.2. The number of amides is 3. The molecule has 3 amide bonds. The highest BCUT2D eigenvalue weighted by Crippen LogP contribution is 2.23. The third-order valence-corrected chi connectivity index (χ3v) is 6.60. The number of nitrogens with zero attached hydrogens (tertiary/aromatic N) is 2. The van der Waals surface area contributed by atoms with Gasteiger partial charge in [0.2, 0.25) is 5.91 Å². The fraction of sp³-hybridized carbons (Fsp3) is 0.467. The van der Waals surface area contributed by atoms with E-state index in [1.165, 1.54) is 16.5 Å². The molecule has 3 aromatic rings. The summed E-state index contributed by atoms with van der Waals surface area (Å²) in [4.78, 5) is 33.1. The van der Waals surface area contributed by atoms with E-state index in [4.69, 9.17) is 0 Å². The number of carbonyl (C=O) groups is 2. The number of rotatable bonds is 11. The van der Waals surface area contributed by atoms with Crippen LogP contribution in [0.25, 0.3) is 10.9 Å². The molecule has 0 saturated carbocycles. The number of hydrogen-bond donors (Lipinski definition) is 2. The Bertz CT molecular complexity index is 1130. The van der Waals surface area contributed by atoms with Gasteiger partial charge in [0.15, 0.2) is 0 Å². The molecule has 0 fully saturated rings. The zero-order valence-corrected chi connectivity index (χ0v) is 22.6. The molecule has 194 valence electrons. The van der Waals surface area contributed by atoms with Crippen LogP contribution in [0.5, 0.6) is 0 Å². The van der Waals surface area contributed by atoms with Crippen LogP contribution in [0.15, 0.2) is 54.7 Å². The molecule has 0 spiro atoms. The average molecular weight is 491 g/mol. The molecular weight excluding hydrogens is 448 g/mol. The van der Waals surface area contributed by atoms with Gasteiger partial charge in [0, 0.05) is 43.3 Å². The molecule has 6 heteroatoms. The third kappa shape index (κ3) is 7.36. The van der Waals surface area contributed by atoms with E-state index in [0.717, 1.165) is 30.3 Å². The predicted octanol–water partition coefficient (Wildman–Crippen LogP) is 5.87. The number of aromatic amines is 1. The van der Waals surface area contributed by atoms with Crippen molar-refractivity contribution < 1.29 is 9.59 Å². The van der Waals surface area contributed by atoms with Gasteiger partial charge in [-0.3, -0.25) is 4.79 Å². The molecule has 1 aromatic heterocycles. The van der Waals surface area contributed by atoms with Gasteiger partial charge in [-0.1, -0.05) is 76.6 Å². The molecule has 1 heterocycles. The van der Waals surface area contributed by atoms with E-state index < -0.39 is 0 Å². The summed E-state index contributed by atoms with van der Waals surface area (Å²) in [7, 11) is 0. The molecule has 0 aliphatic carbocycles. The molecular formula is C30H42N4O2. The Hall–Kier alpha value is -3.28. The van der Waals surface area contributed by atoms with Crippen LogP contribution < -0.4 is 5.32 Å². The van der Waals surface area contributed by atoms with Crippen molar-refractivity contribution in [1.29, 1.82) is 0 Å². The van der Waals surface area contributed by atoms with E-state index in [9.17, 15) is 9.59 Å². The number of para-hydroxylation sites is 1. The second kappa shape index (κ2) is 12.6. The lowest BCUT2D eigenvalue weighted by molar-refractivity contribution is -0.132. The summed E-state index contributed by atoms with van der Waals surface area (Å²) in [6, 6.07) is 16.6. The van der Waals surface area contributed by atoms with Gasteiger partial charge >= 0.3 is 6.03 Å². The summed E-state index contributed by atoms with van der Waals surface area (Å²) in [5.74, 6) is -0.0305. The van der Waals surface area contributed by atoms with Crippen LogP contribution in [-0.2, 0) is 23.2 Å². The molecule has 0 aliphatic heterocycles. The van der Waals surface area contributed by atoms with Crippen LogP contribution in [0.3, 0.4) is 0 Å². The van der Waals surface area contributed by atoms with Crippen molar-refractivity contribution in [1.82, 2.24) is 20.1 Å². The molecule has 0 atom stereocenters. The maximum absolute atomic E-state index is 13.6. The lowest BCUT2D eigenvalue weighted by Gasteiger charge is -2.28. The first kappa shape index (κ1) is 27.3. The van der Waals surface area contributed by atoms with Gasteiger partial charge in [0.25, 0.3) is 0 Å². The Kier molecular flexibility index (Phi) is 9.57. The second-order valence-electron chi connectivity index (χ2n) is 10.5. The maximum Gasteiger partial charge on any atom is 0.317 e. The lowest BCUT2D eigenvalue weighted by atomic mass is 9.87. The fourth-order valence-corrected chi connectivity index (χ4v) is 4.34.